The zero-order valence-corrected chi connectivity index (χ0v) is 23.1. The molecule has 0 spiro atoms. The van der Waals surface area contributed by atoms with Gasteiger partial charge in [0.05, 0.1) is 24.4 Å². The predicted molar refractivity (Wildman–Crippen MR) is 148 cm³/mol. The van der Waals surface area contributed by atoms with Crippen LogP contribution in [0.5, 0.6) is 5.75 Å². The van der Waals surface area contributed by atoms with Crippen LogP contribution in [0.2, 0.25) is 0 Å². The number of ether oxygens (including phenoxy) is 2. The second kappa shape index (κ2) is 12.9. The Morgan fingerprint density at radius 1 is 1.07 bits per heavy atom. The van der Waals surface area contributed by atoms with E-state index in [-0.39, 0.29) is 6.10 Å². The molecule has 41 heavy (non-hydrogen) atoms. The summed E-state index contributed by atoms with van der Waals surface area (Å²) in [6.45, 7) is 2.54. The van der Waals surface area contributed by atoms with Gasteiger partial charge in [0.1, 0.15) is 18.5 Å². The van der Waals surface area contributed by atoms with E-state index in [0.717, 1.165) is 28.8 Å². The zero-order valence-electron chi connectivity index (χ0n) is 23.1. The van der Waals surface area contributed by atoms with Crippen LogP contribution in [-0.2, 0) is 16.1 Å². The predicted octanol–water partition coefficient (Wildman–Crippen LogP) is 6.03. The monoisotopic (exact) mass is 576 g/mol. The number of alkyl halides is 3. The lowest BCUT2D eigenvalue weighted by Crippen LogP contribution is -2.31. The molecule has 8 nitrogen and oxygen atoms in total. The van der Waals surface area contributed by atoms with E-state index in [1.807, 2.05) is 38.4 Å². The van der Waals surface area contributed by atoms with Gasteiger partial charge in [0.15, 0.2) is 0 Å². The zero-order chi connectivity index (χ0) is 29.7. The number of nitrogens with zero attached hydrogens (tertiary/aromatic N) is 2. The standard InChI is InChI=1S/C28H34N2O4.C2HF3O2/c1-29(2)14-15-33-21-17-30-24-16-20(28(31)32)12-13-22(24)26(19-8-4-3-5-9-19)27(30)23-10-6-7-11-25(23)34-18-21;3-2(4,5)1(6)7/h6-7,10-13,16,19,21H,3-5,8-9,14-15,17-18H2,1-2H3,(H,31,32);(H,6,7)/t21-;/m1./s1. The molecule has 0 radical (unpaired) electrons. The Kier molecular flexibility index (Phi) is 9.60. The lowest BCUT2D eigenvalue weighted by Gasteiger charge is -2.28. The average Bonchev–Trinajstić information content (AvgIpc) is 3.23. The molecule has 5 rings (SSSR count). The number of carboxylic acids is 2. The van der Waals surface area contributed by atoms with Crippen molar-refractivity contribution in [2.75, 3.05) is 33.9 Å². The number of aromatic nitrogens is 1. The molecule has 1 aliphatic carbocycles. The molecule has 0 bridgehead atoms. The first kappa shape index (κ1) is 30.4. The van der Waals surface area contributed by atoms with Gasteiger partial charge in [-0.3, -0.25) is 0 Å². The van der Waals surface area contributed by atoms with E-state index in [9.17, 15) is 23.1 Å². The molecule has 2 aliphatic rings. The fourth-order valence-corrected chi connectivity index (χ4v) is 5.52. The normalized spacial score (nSPS) is 17.5. The Hall–Kier alpha value is -3.57. The van der Waals surface area contributed by atoms with E-state index in [1.54, 1.807) is 6.07 Å². The van der Waals surface area contributed by atoms with Crippen molar-refractivity contribution in [2.45, 2.75) is 56.8 Å². The average molecular weight is 577 g/mol. The van der Waals surface area contributed by atoms with E-state index < -0.39 is 18.1 Å². The summed E-state index contributed by atoms with van der Waals surface area (Å²) in [6, 6.07) is 13.9. The highest BCUT2D eigenvalue weighted by atomic mass is 19.4. The summed E-state index contributed by atoms with van der Waals surface area (Å²) in [7, 11) is 4.07. The topological polar surface area (TPSA) is 101 Å². The number of halogens is 3. The molecule has 0 amide bonds. The summed E-state index contributed by atoms with van der Waals surface area (Å²) >= 11 is 0. The summed E-state index contributed by atoms with van der Waals surface area (Å²) in [5.74, 6) is -2.33. The van der Waals surface area contributed by atoms with Crippen LogP contribution in [0.25, 0.3) is 22.2 Å². The van der Waals surface area contributed by atoms with Crippen molar-refractivity contribution in [3.8, 4) is 17.0 Å². The van der Waals surface area contributed by atoms with Crippen LogP contribution in [-0.4, -0.2) is 77.8 Å². The molecule has 1 atom stereocenters. The molecule has 222 valence electrons. The van der Waals surface area contributed by atoms with Crippen LogP contribution in [0.15, 0.2) is 42.5 Å². The summed E-state index contributed by atoms with van der Waals surface area (Å²) in [4.78, 5) is 22.9. The smallest absolute Gasteiger partial charge is 0.490 e. The molecule has 1 aliphatic heterocycles. The lowest BCUT2D eigenvalue weighted by atomic mass is 9.81. The van der Waals surface area contributed by atoms with E-state index in [4.69, 9.17) is 19.4 Å². The van der Waals surface area contributed by atoms with Gasteiger partial charge in [-0.05, 0) is 62.7 Å². The van der Waals surface area contributed by atoms with Crippen molar-refractivity contribution >= 4 is 22.8 Å². The Balaban J connectivity index is 0.000000493. The van der Waals surface area contributed by atoms with Gasteiger partial charge in [0, 0.05) is 23.0 Å². The SMILES string of the molecule is CN(C)CCO[C@H]1COc2ccccc2-c2c(C3CCCCC3)c3ccc(C(=O)O)cc3n2C1.O=C(O)C(F)(F)F. The fraction of sp³-hybridized carbons (Fsp3) is 0.467. The lowest BCUT2D eigenvalue weighted by molar-refractivity contribution is -0.192. The molecule has 1 aromatic heterocycles. The first-order chi connectivity index (χ1) is 19.5. The number of fused-ring (bicyclic) bond motifs is 5. The molecule has 0 unspecified atom stereocenters. The molecule has 3 aromatic rings. The number of aromatic carboxylic acids is 1. The fourth-order valence-electron chi connectivity index (χ4n) is 5.52. The minimum Gasteiger partial charge on any atom is -0.490 e. The van der Waals surface area contributed by atoms with Crippen LogP contribution >= 0.6 is 0 Å². The molecule has 1 saturated carbocycles. The number of carbonyl (C=O) groups is 2. The number of rotatable bonds is 6. The van der Waals surface area contributed by atoms with E-state index in [2.05, 4.69) is 21.6 Å². The van der Waals surface area contributed by atoms with E-state index in [0.29, 0.717) is 31.2 Å². The first-order valence-electron chi connectivity index (χ1n) is 13.7. The van der Waals surface area contributed by atoms with Gasteiger partial charge in [-0.2, -0.15) is 13.2 Å². The molecular weight excluding hydrogens is 541 g/mol. The maximum Gasteiger partial charge on any atom is 0.490 e. The van der Waals surface area contributed by atoms with Crippen molar-refractivity contribution in [3.63, 3.8) is 0 Å². The van der Waals surface area contributed by atoms with Gasteiger partial charge in [-0.1, -0.05) is 37.5 Å². The highest BCUT2D eigenvalue weighted by Crippen LogP contribution is 2.47. The van der Waals surface area contributed by atoms with Crippen LogP contribution in [0.4, 0.5) is 13.2 Å². The van der Waals surface area contributed by atoms with Crippen LogP contribution in [0, 0.1) is 0 Å². The largest absolute Gasteiger partial charge is 0.490 e. The van der Waals surface area contributed by atoms with Gasteiger partial charge in [-0.25, -0.2) is 9.59 Å². The highest BCUT2D eigenvalue weighted by Gasteiger charge is 2.38. The number of para-hydroxylation sites is 1. The third-order valence-electron chi connectivity index (χ3n) is 7.45. The summed E-state index contributed by atoms with van der Waals surface area (Å²) in [5.41, 5.74) is 4.90. The molecule has 2 N–H and O–H groups in total. The van der Waals surface area contributed by atoms with Crippen LogP contribution in [0.1, 0.15) is 53.9 Å². The van der Waals surface area contributed by atoms with Crippen molar-refractivity contribution in [1.29, 1.82) is 0 Å². The summed E-state index contributed by atoms with van der Waals surface area (Å²) in [5, 5.41) is 18.0. The Bertz CT molecular complexity index is 1380. The van der Waals surface area contributed by atoms with E-state index >= 15 is 0 Å². The molecule has 1 fully saturated rings. The third-order valence-corrected chi connectivity index (χ3v) is 7.45. The molecular formula is C30H35F3N2O6. The summed E-state index contributed by atoms with van der Waals surface area (Å²) in [6.07, 6.45) is 0.874. The number of likely N-dealkylation sites (N-methyl/N-ethyl adjacent to an activating group) is 1. The Labute approximate surface area is 236 Å². The van der Waals surface area contributed by atoms with Crippen molar-refractivity contribution in [3.05, 3.63) is 53.6 Å². The van der Waals surface area contributed by atoms with Gasteiger partial charge in [0.25, 0.3) is 0 Å². The maximum atomic E-state index is 11.9. The quantitative estimate of drug-likeness (QED) is 0.370. The molecule has 2 aromatic carbocycles. The third kappa shape index (κ3) is 7.20. The maximum absolute atomic E-state index is 11.9. The Morgan fingerprint density at radius 3 is 2.39 bits per heavy atom. The minimum atomic E-state index is -5.08. The van der Waals surface area contributed by atoms with Crippen molar-refractivity contribution in [2.24, 2.45) is 0 Å². The number of aliphatic carboxylic acids is 1. The van der Waals surface area contributed by atoms with Crippen LogP contribution in [0.3, 0.4) is 0 Å². The molecule has 11 heteroatoms. The van der Waals surface area contributed by atoms with Crippen molar-refractivity contribution in [1.82, 2.24) is 9.47 Å². The van der Waals surface area contributed by atoms with Gasteiger partial charge in [0.2, 0.25) is 0 Å². The second-order valence-corrected chi connectivity index (χ2v) is 10.7. The minimum absolute atomic E-state index is 0.129. The first-order valence-corrected chi connectivity index (χ1v) is 13.7. The number of carboxylic acid groups (broad SMARTS) is 2. The number of hydrogen-bond donors (Lipinski definition) is 2. The second-order valence-electron chi connectivity index (χ2n) is 10.7. The molecule has 2 heterocycles. The van der Waals surface area contributed by atoms with Gasteiger partial charge >= 0.3 is 18.1 Å². The molecule has 0 saturated heterocycles. The number of hydrogen-bond acceptors (Lipinski definition) is 5. The van der Waals surface area contributed by atoms with Gasteiger partial charge < -0.3 is 29.2 Å². The van der Waals surface area contributed by atoms with Crippen molar-refractivity contribution < 1.29 is 42.4 Å². The van der Waals surface area contributed by atoms with Gasteiger partial charge in [-0.15, -0.1) is 0 Å². The van der Waals surface area contributed by atoms with Crippen LogP contribution < -0.4 is 4.74 Å². The number of benzene rings is 2. The Morgan fingerprint density at radius 2 is 1.76 bits per heavy atom. The highest BCUT2D eigenvalue weighted by molar-refractivity contribution is 5.98. The summed E-state index contributed by atoms with van der Waals surface area (Å²) < 4.78 is 46.6. The van der Waals surface area contributed by atoms with E-state index in [1.165, 1.54) is 43.4 Å².